The number of ketones is 2. The van der Waals surface area contributed by atoms with Gasteiger partial charge in [0.15, 0.2) is 11.6 Å². The van der Waals surface area contributed by atoms with E-state index in [1.165, 1.54) is 6.07 Å². The predicted molar refractivity (Wildman–Crippen MR) is 145 cm³/mol. The van der Waals surface area contributed by atoms with E-state index in [2.05, 4.69) is 17.2 Å². The quantitative estimate of drug-likeness (QED) is 0.141. The number of phenolic OH excluding ortho intramolecular Hbond substituents is 1. The summed E-state index contributed by atoms with van der Waals surface area (Å²) in [7, 11) is 0. The lowest BCUT2D eigenvalue weighted by atomic mass is 9.82. The van der Waals surface area contributed by atoms with Crippen LogP contribution >= 0.6 is 0 Å². The number of rotatable bonds is 8. The van der Waals surface area contributed by atoms with Crippen LogP contribution in [0.4, 0.5) is 17.1 Å². The number of fused-ring (bicyclic) bond motifs is 2. The van der Waals surface area contributed by atoms with Crippen molar-refractivity contribution in [3.8, 4) is 11.5 Å². The maximum Gasteiger partial charge on any atom is 0.198 e. The van der Waals surface area contributed by atoms with Crippen LogP contribution in [0.3, 0.4) is 0 Å². The van der Waals surface area contributed by atoms with Crippen molar-refractivity contribution >= 4 is 34.8 Å². The van der Waals surface area contributed by atoms with Crippen molar-refractivity contribution in [2.45, 2.75) is 19.8 Å². The molecule has 0 fully saturated rings. The van der Waals surface area contributed by atoms with Gasteiger partial charge in [0, 0.05) is 23.0 Å². The van der Waals surface area contributed by atoms with Crippen molar-refractivity contribution in [2.75, 3.05) is 11.9 Å². The molecular weight excluding hydrogens is 464 g/mol. The highest BCUT2D eigenvalue weighted by Gasteiger charge is 2.33. The highest BCUT2D eigenvalue weighted by atomic mass is 16.5. The van der Waals surface area contributed by atoms with Crippen LogP contribution in [-0.4, -0.2) is 29.5 Å². The van der Waals surface area contributed by atoms with Crippen LogP contribution in [0.15, 0.2) is 89.9 Å². The Labute approximate surface area is 215 Å². The van der Waals surface area contributed by atoms with Crippen LogP contribution in [0.25, 0.3) is 0 Å². The fraction of sp³-hybridized carbons (Fsp3) is 0.129. The molecule has 5 rings (SSSR count). The van der Waals surface area contributed by atoms with Crippen molar-refractivity contribution in [1.82, 2.24) is 0 Å². The molecule has 184 valence electrons. The molecule has 0 aliphatic heterocycles. The molecule has 2 N–H and O–H groups in total. The number of carbonyl (C=O) groups excluding carboxylic acids is 2. The molecule has 0 saturated heterocycles. The molecule has 0 spiro atoms. The first-order valence-electron chi connectivity index (χ1n) is 12.2. The molecule has 0 radical (unpaired) electrons. The molecule has 0 unspecified atom stereocenters. The van der Waals surface area contributed by atoms with Crippen LogP contribution in [0.5, 0.6) is 11.5 Å². The van der Waals surface area contributed by atoms with Crippen molar-refractivity contribution in [1.29, 1.82) is 0 Å². The highest BCUT2D eigenvalue weighted by molar-refractivity contribution is 6.31. The van der Waals surface area contributed by atoms with Crippen LogP contribution < -0.4 is 10.1 Å². The van der Waals surface area contributed by atoms with E-state index in [4.69, 9.17) is 4.74 Å². The smallest absolute Gasteiger partial charge is 0.198 e. The largest absolute Gasteiger partial charge is 0.507 e. The Morgan fingerprint density at radius 2 is 1.51 bits per heavy atom. The number of benzene rings is 4. The van der Waals surface area contributed by atoms with Gasteiger partial charge in [-0.3, -0.25) is 14.6 Å². The van der Waals surface area contributed by atoms with E-state index in [1.807, 2.05) is 48.5 Å². The Bertz CT molecular complexity index is 1490. The van der Waals surface area contributed by atoms with E-state index in [0.717, 1.165) is 35.5 Å². The summed E-state index contributed by atoms with van der Waals surface area (Å²) < 4.78 is 5.68. The Hall–Kier alpha value is -4.71. The number of nitrogens with one attached hydrogen (secondary N) is 1. The molecule has 0 bridgehead atoms. The van der Waals surface area contributed by atoms with Crippen molar-refractivity contribution in [2.24, 2.45) is 4.99 Å². The second kappa shape index (κ2) is 10.5. The minimum atomic E-state index is -0.363. The SMILES string of the molecule is CCCCOc1ccc(/N=C/c2ccc(Nc3ccc(O)c4c3C(=O)c3ccccc3C4=O)cc2)cc1. The summed E-state index contributed by atoms with van der Waals surface area (Å²) >= 11 is 0. The second-order valence-corrected chi connectivity index (χ2v) is 8.79. The minimum Gasteiger partial charge on any atom is -0.507 e. The molecule has 37 heavy (non-hydrogen) atoms. The first-order valence-corrected chi connectivity index (χ1v) is 12.2. The zero-order chi connectivity index (χ0) is 25.8. The summed E-state index contributed by atoms with van der Waals surface area (Å²) in [6.07, 6.45) is 3.90. The lowest BCUT2D eigenvalue weighted by Crippen LogP contribution is -2.22. The number of hydrogen-bond donors (Lipinski definition) is 2. The fourth-order valence-electron chi connectivity index (χ4n) is 4.23. The summed E-state index contributed by atoms with van der Waals surface area (Å²) in [6, 6.07) is 24.9. The molecule has 6 heteroatoms. The molecule has 6 nitrogen and oxygen atoms in total. The van der Waals surface area contributed by atoms with E-state index in [1.54, 1.807) is 36.5 Å². The average Bonchev–Trinajstić information content (AvgIpc) is 2.93. The van der Waals surface area contributed by atoms with Crippen LogP contribution in [0.2, 0.25) is 0 Å². The normalized spacial score (nSPS) is 12.4. The Balaban J connectivity index is 1.32. The first-order chi connectivity index (χ1) is 18.0. The van der Waals surface area contributed by atoms with Gasteiger partial charge in [0.2, 0.25) is 0 Å². The van der Waals surface area contributed by atoms with E-state index in [-0.39, 0.29) is 28.4 Å². The van der Waals surface area contributed by atoms with Gasteiger partial charge in [-0.25, -0.2) is 0 Å². The maximum absolute atomic E-state index is 13.2. The molecule has 4 aromatic carbocycles. The Kier molecular flexibility index (Phi) is 6.81. The summed E-state index contributed by atoms with van der Waals surface area (Å²) in [6.45, 7) is 2.84. The molecule has 1 aliphatic rings. The maximum atomic E-state index is 13.2. The van der Waals surface area contributed by atoms with E-state index < -0.39 is 0 Å². The van der Waals surface area contributed by atoms with E-state index in [0.29, 0.717) is 23.4 Å². The van der Waals surface area contributed by atoms with E-state index >= 15 is 0 Å². The third kappa shape index (κ3) is 5.00. The zero-order valence-corrected chi connectivity index (χ0v) is 20.4. The molecule has 0 atom stereocenters. The van der Waals surface area contributed by atoms with Gasteiger partial charge in [-0.15, -0.1) is 0 Å². The van der Waals surface area contributed by atoms with Gasteiger partial charge < -0.3 is 15.2 Å². The van der Waals surface area contributed by atoms with Crippen LogP contribution in [-0.2, 0) is 0 Å². The average molecular weight is 491 g/mol. The van der Waals surface area contributed by atoms with Crippen molar-refractivity contribution in [3.05, 3.63) is 113 Å². The number of aromatic hydroxyl groups is 1. The molecule has 0 saturated carbocycles. The van der Waals surface area contributed by atoms with Crippen LogP contribution in [0.1, 0.15) is 57.2 Å². The topological polar surface area (TPSA) is 88.0 Å². The summed E-state index contributed by atoms with van der Waals surface area (Å²) in [5.41, 5.74) is 3.76. The van der Waals surface area contributed by atoms with Crippen molar-refractivity contribution < 1.29 is 19.4 Å². The van der Waals surface area contributed by atoms with Crippen molar-refractivity contribution in [3.63, 3.8) is 0 Å². The lowest BCUT2D eigenvalue weighted by molar-refractivity contribution is 0.0977. The highest BCUT2D eigenvalue weighted by Crippen LogP contribution is 2.38. The van der Waals surface area contributed by atoms with Gasteiger partial charge in [0.1, 0.15) is 11.5 Å². The van der Waals surface area contributed by atoms with Gasteiger partial charge in [0.25, 0.3) is 0 Å². The zero-order valence-electron chi connectivity index (χ0n) is 20.4. The number of hydrogen-bond acceptors (Lipinski definition) is 6. The van der Waals surface area contributed by atoms with Gasteiger partial charge in [-0.1, -0.05) is 49.7 Å². The van der Waals surface area contributed by atoms with Gasteiger partial charge in [0.05, 0.1) is 29.1 Å². The third-order valence-corrected chi connectivity index (χ3v) is 6.21. The lowest BCUT2D eigenvalue weighted by Gasteiger charge is -2.21. The molecule has 0 amide bonds. The first kappa shape index (κ1) is 24.0. The summed E-state index contributed by atoms with van der Waals surface area (Å²) in [5, 5.41) is 13.6. The number of aliphatic imine (C=N–C) groups is 1. The van der Waals surface area contributed by atoms with Crippen LogP contribution in [0, 0.1) is 0 Å². The minimum absolute atomic E-state index is 0.0271. The number of anilines is 2. The number of nitrogens with zero attached hydrogens (tertiary/aromatic N) is 1. The Morgan fingerprint density at radius 1 is 0.838 bits per heavy atom. The molecule has 1 aliphatic carbocycles. The predicted octanol–water partition coefficient (Wildman–Crippen LogP) is 6.84. The number of phenols is 1. The summed E-state index contributed by atoms with van der Waals surface area (Å²) in [4.78, 5) is 30.8. The van der Waals surface area contributed by atoms with E-state index in [9.17, 15) is 14.7 Å². The number of unbranched alkanes of at least 4 members (excludes halogenated alkanes) is 1. The molecule has 4 aromatic rings. The second-order valence-electron chi connectivity index (χ2n) is 8.79. The third-order valence-electron chi connectivity index (χ3n) is 6.21. The van der Waals surface area contributed by atoms with Gasteiger partial charge in [-0.05, 0) is 60.5 Å². The summed E-state index contributed by atoms with van der Waals surface area (Å²) in [5.74, 6) is -0.0315. The number of ether oxygens (including phenoxy) is 1. The fourth-order valence-corrected chi connectivity index (χ4v) is 4.23. The molecule has 0 heterocycles. The standard InChI is InChI=1S/C31H26N2O4/c1-2-3-18-37-23-14-12-21(13-15-23)32-19-20-8-10-22(11-9-20)33-26-16-17-27(34)29-28(26)30(35)24-6-4-5-7-25(24)31(29)36/h4-17,19,33-34H,2-3,18H2,1H3/b32-19+. The number of carbonyl (C=O) groups is 2. The molecule has 0 aromatic heterocycles. The molecular formula is C31H26N2O4. The monoisotopic (exact) mass is 490 g/mol. The van der Waals surface area contributed by atoms with Gasteiger partial charge >= 0.3 is 0 Å². The Morgan fingerprint density at radius 3 is 2.19 bits per heavy atom. The van der Waals surface area contributed by atoms with Gasteiger partial charge in [-0.2, -0.15) is 0 Å².